The van der Waals surface area contributed by atoms with Crippen LogP contribution in [-0.2, 0) is 19.2 Å². The summed E-state index contributed by atoms with van der Waals surface area (Å²) >= 11 is 0. The highest BCUT2D eigenvalue weighted by Gasteiger charge is 2.32. The van der Waals surface area contributed by atoms with Crippen molar-refractivity contribution in [2.75, 3.05) is 13.1 Å². The van der Waals surface area contributed by atoms with E-state index in [0.29, 0.717) is 38.8 Å². The summed E-state index contributed by atoms with van der Waals surface area (Å²) in [5.41, 5.74) is 5.29. The molecule has 0 unspecified atom stereocenters. The van der Waals surface area contributed by atoms with Crippen LogP contribution in [0.4, 0.5) is 0 Å². The lowest BCUT2D eigenvalue weighted by atomic mass is 10.1. The van der Waals surface area contributed by atoms with Gasteiger partial charge in [-0.05, 0) is 25.7 Å². The third-order valence-corrected chi connectivity index (χ3v) is 4.07. The van der Waals surface area contributed by atoms with E-state index in [9.17, 15) is 19.2 Å². The van der Waals surface area contributed by atoms with Gasteiger partial charge < -0.3 is 10.6 Å². The normalized spacial score (nSPS) is 21.0. The van der Waals surface area contributed by atoms with E-state index in [1.54, 1.807) is 4.90 Å². The molecule has 0 saturated carbocycles. The van der Waals surface area contributed by atoms with Crippen LogP contribution in [-0.4, -0.2) is 52.6 Å². The summed E-state index contributed by atoms with van der Waals surface area (Å²) in [5, 5.41) is 0. The van der Waals surface area contributed by atoms with Gasteiger partial charge in [-0.1, -0.05) is 6.42 Å². The summed E-state index contributed by atoms with van der Waals surface area (Å²) in [6.45, 7) is 0.974. The Balaban J connectivity index is 1.64. The predicted molar refractivity (Wildman–Crippen MR) is 78.3 cm³/mol. The Hall–Kier alpha value is -2.18. The fourth-order valence-corrected chi connectivity index (χ4v) is 2.88. The quantitative estimate of drug-likeness (QED) is 0.526. The molecule has 120 valence electrons. The molecule has 0 aliphatic carbocycles. The molecule has 7 nitrogen and oxygen atoms in total. The number of likely N-dealkylation sites (tertiary alicyclic amines) is 1. The Bertz CT molecular complexity index is 497. The van der Waals surface area contributed by atoms with Gasteiger partial charge in [0.2, 0.25) is 11.8 Å². The van der Waals surface area contributed by atoms with Crippen LogP contribution in [0.2, 0.25) is 0 Å². The van der Waals surface area contributed by atoms with Crippen molar-refractivity contribution >= 4 is 23.6 Å². The van der Waals surface area contributed by atoms with E-state index in [2.05, 4.69) is 0 Å². The van der Waals surface area contributed by atoms with Gasteiger partial charge in [-0.15, -0.1) is 0 Å². The SMILES string of the molecule is NC(=O)[C@@H]1CCCN1C(=O)CCCCCN1C(=O)C=CC1=O. The third-order valence-electron chi connectivity index (χ3n) is 4.07. The van der Waals surface area contributed by atoms with Gasteiger partial charge in [-0.25, -0.2) is 0 Å². The fraction of sp³-hybridized carbons (Fsp3) is 0.600. The van der Waals surface area contributed by atoms with E-state index in [-0.39, 0.29) is 17.7 Å². The summed E-state index contributed by atoms with van der Waals surface area (Å²) in [6.07, 6.45) is 6.45. The van der Waals surface area contributed by atoms with Crippen molar-refractivity contribution < 1.29 is 19.2 Å². The average molecular weight is 307 g/mol. The Morgan fingerprint density at radius 2 is 1.82 bits per heavy atom. The lowest BCUT2D eigenvalue weighted by molar-refractivity contribution is -0.137. The van der Waals surface area contributed by atoms with Gasteiger partial charge in [0.25, 0.3) is 11.8 Å². The molecule has 7 heteroatoms. The Kier molecular flexibility index (Phi) is 5.30. The van der Waals surface area contributed by atoms with E-state index in [4.69, 9.17) is 5.73 Å². The number of primary amides is 1. The van der Waals surface area contributed by atoms with E-state index in [0.717, 1.165) is 12.8 Å². The summed E-state index contributed by atoms with van der Waals surface area (Å²) in [7, 11) is 0. The maximum atomic E-state index is 12.1. The molecule has 0 aromatic heterocycles. The minimum atomic E-state index is -0.460. The van der Waals surface area contributed by atoms with Crippen LogP contribution in [0.3, 0.4) is 0 Å². The molecule has 4 amide bonds. The lowest BCUT2D eigenvalue weighted by Gasteiger charge is -2.22. The summed E-state index contributed by atoms with van der Waals surface area (Å²) < 4.78 is 0. The number of unbranched alkanes of at least 4 members (excludes halogenated alkanes) is 2. The number of imide groups is 1. The van der Waals surface area contributed by atoms with Gasteiger partial charge in [-0.2, -0.15) is 0 Å². The number of carbonyl (C=O) groups excluding carboxylic acids is 4. The molecule has 1 fully saturated rings. The van der Waals surface area contributed by atoms with Crippen LogP contribution >= 0.6 is 0 Å². The zero-order chi connectivity index (χ0) is 16.1. The number of nitrogens with zero attached hydrogens (tertiary/aromatic N) is 2. The zero-order valence-electron chi connectivity index (χ0n) is 12.5. The first-order valence-corrected chi connectivity index (χ1v) is 7.63. The first kappa shape index (κ1) is 16.2. The zero-order valence-corrected chi connectivity index (χ0v) is 12.5. The molecular weight excluding hydrogens is 286 g/mol. The van der Waals surface area contributed by atoms with Crippen LogP contribution < -0.4 is 5.73 Å². The summed E-state index contributed by atoms with van der Waals surface area (Å²) in [4.78, 5) is 48.8. The molecule has 2 aliphatic heterocycles. The van der Waals surface area contributed by atoms with Crippen molar-refractivity contribution in [2.24, 2.45) is 5.73 Å². The van der Waals surface area contributed by atoms with Crippen LogP contribution in [0, 0.1) is 0 Å². The van der Waals surface area contributed by atoms with Gasteiger partial charge in [0.1, 0.15) is 6.04 Å². The molecule has 2 rings (SSSR count). The molecule has 2 aliphatic rings. The number of nitrogens with two attached hydrogens (primary N) is 1. The largest absolute Gasteiger partial charge is 0.368 e. The molecule has 0 bridgehead atoms. The van der Waals surface area contributed by atoms with Crippen LogP contribution in [0.15, 0.2) is 12.2 Å². The first-order valence-electron chi connectivity index (χ1n) is 7.63. The Morgan fingerprint density at radius 1 is 1.14 bits per heavy atom. The second-order valence-electron chi connectivity index (χ2n) is 5.62. The second-order valence-corrected chi connectivity index (χ2v) is 5.62. The van der Waals surface area contributed by atoms with E-state index < -0.39 is 11.9 Å². The smallest absolute Gasteiger partial charge is 0.253 e. The molecule has 1 atom stereocenters. The number of carbonyl (C=O) groups is 4. The van der Waals surface area contributed by atoms with Gasteiger partial charge >= 0.3 is 0 Å². The topological polar surface area (TPSA) is 101 Å². The number of rotatable bonds is 7. The molecule has 0 radical (unpaired) electrons. The van der Waals surface area contributed by atoms with Crippen LogP contribution in [0.1, 0.15) is 38.5 Å². The molecule has 0 spiro atoms. The molecular formula is C15H21N3O4. The Labute approximate surface area is 129 Å². The maximum absolute atomic E-state index is 12.1. The standard InChI is InChI=1S/C15H21N3O4/c16-15(22)11-5-4-10-17(11)12(19)6-2-1-3-9-18-13(20)7-8-14(18)21/h7-8,11H,1-6,9-10H2,(H2,16,22)/t11-/m0/s1. The monoisotopic (exact) mass is 307 g/mol. The minimum absolute atomic E-state index is 0.0451. The highest BCUT2D eigenvalue weighted by molar-refractivity contribution is 6.12. The summed E-state index contributed by atoms with van der Waals surface area (Å²) in [6, 6.07) is -0.460. The van der Waals surface area contributed by atoms with Crippen molar-refractivity contribution in [3.63, 3.8) is 0 Å². The number of hydrogen-bond donors (Lipinski definition) is 1. The third kappa shape index (κ3) is 3.72. The van der Waals surface area contributed by atoms with Crippen molar-refractivity contribution in [2.45, 2.75) is 44.6 Å². The fourth-order valence-electron chi connectivity index (χ4n) is 2.88. The van der Waals surface area contributed by atoms with Gasteiger partial charge in [0.05, 0.1) is 0 Å². The van der Waals surface area contributed by atoms with Crippen molar-refractivity contribution in [3.05, 3.63) is 12.2 Å². The molecule has 2 N–H and O–H groups in total. The van der Waals surface area contributed by atoms with Crippen molar-refractivity contribution in [3.8, 4) is 0 Å². The number of hydrogen-bond acceptors (Lipinski definition) is 4. The van der Waals surface area contributed by atoms with Gasteiger partial charge in [-0.3, -0.25) is 24.1 Å². The second kappa shape index (κ2) is 7.20. The van der Waals surface area contributed by atoms with E-state index in [1.165, 1.54) is 17.1 Å². The van der Waals surface area contributed by atoms with Crippen LogP contribution in [0.25, 0.3) is 0 Å². The molecule has 2 heterocycles. The van der Waals surface area contributed by atoms with Gasteiger partial charge in [0.15, 0.2) is 0 Å². The lowest BCUT2D eigenvalue weighted by Crippen LogP contribution is -2.43. The van der Waals surface area contributed by atoms with E-state index >= 15 is 0 Å². The maximum Gasteiger partial charge on any atom is 0.253 e. The highest BCUT2D eigenvalue weighted by Crippen LogP contribution is 2.19. The first-order chi connectivity index (χ1) is 10.5. The van der Waals surface area contributed by atoms with Crippen molar-refractivity contribution in [1.82, 2.24) is 9.80 Å². The average Bonchev–Trinajstić information content (AvgIpc) is 3.08. The molecule has 0 aromatic carbocycles. The summed E-state index contributed by atoms with van der Waals surface area (Å²) in [5.74, 6) is -1.04. The predicted octanol–water partition coefficient (Wildman–Crippen LogP) is -0.0519. The molecule has 22 heavy (non-hydrogen) atoms. The molecule has 1 saturated heterocycles. The molecule has 0 aromatic rings. The minimum Gasteiger partial charge on any atom is -0.368 e. The van der Waals surface area contributed by atoms with Gasteiger partial charge in [0, 0.05) is 31.7 Å². The number of amides is 4. The van der Waals surface area contributed by atoms with Crippen molar-refractivity contribution in [1.29, 1.82) is 0 Å². The Morgan fingerprint density at radius 3 is 2.45 bits per heavy atom. The van der Waals surface area contributed by atoms with E-state index in [1.807, 2.05) is 0 Å². The highest BCUT2D eigenvalue weighted by atomic mass is 16.2. The van der Waals surface area contributed by atoms with Crippen LogP contribution in [0.5, 0.6) is 0 Å².